The van der Waals surface area contributed by atoms with E-state index >= 15 is 0 Å². The van der Waals surface area contributed by atoms with Gasteiger partial charge in [0.2, 0.25) is 0 Å². The molecule has 0 aliphatic rings. The van der Waals surface area contributed by atoms with Crippen molar-refractivity contribution in [3.63, 3.8) is 0 Å². The number of aryl methyl sites for hydroxylation is 1. The Morgan fingerprint density at radius 1 is 0.903 bits per heavy atom. The molecule has 0 unspecified atom stereocenters. The van der Waals surface area contributed by atoms with Crippen molar-refractivity contribution in [2.24, 2.45) is 0 Å². The van der Waals surface area contributed by atoms with Gasteiger partial charge in [0, 0.05) is 12.2 Å². The zero-order valence-corrected chi connectivity index (χ0v) is 18.4. The van der Waals surface area contributed by atoms with Crippen molar-refractivity contribution in [3.05, 3.63) is 84.4 Å². The molecule has 1 amide bonds. The summed E-state index contributed by atoms with van der Waals surface area (Å²) in [5.41, 5.74) is 2.44. The Bertz CT molecular complexity index is 1100. The summed E-state index contributed by atoms with van der Waals surface area (Å²) >= 11 is 0. The molecule has 0 saturated heterocycles. The van der Waals surface area contributed by atoms with Gasteiger partial charge in [-0.25, -0.2) is 8.42 Å². The van der Waals surface area contributed by atoms with Crippen LogP contribution in [0.25, 0.3) is 0 Å². The summed E-state index contributed by atoms with van der Waals surface area (Å²) in [5.74, 6) is 0.212. The van der Waals surface area contributed by atoms with Crippen LogP contribution in [0.1, 0.15) is 19.4 Å². The highest BCUT2D eigenvalue weighted by molar-refractivity contribution is 7.92. The second kappa shape index (κ2) is 10.1. The number of rotatable bonds is 9. The van der Waals surface area contributed by atoms with E-state index in [1.807, 2.05) is 24.3 Å². The van der Waals surface area contributed by atoms with Gasteiger partial charge in [0.15, 0.2) is 6.61 Å². The Kier molecular flexibility index (Phi) is 7.31. The number of anilines is 2. The number of benzene rings is 3. The van der Waals surface area contributed by atoms with Crippen molar-refractivity contribution >= 4 is 27.3 Å². The van der Waals surface area contributed by atoms with Crippen LogP contribution in [0.3, 0.4) is 0 Å². The van der Waals surface area contributed by atoms with E-state index in [1.165, 1.54) is 9.87 Å². The first-order valence-electron chi connectivity index (χ1n) is 10.1. The van der Waals surface area contributed by atoms with Gasteiger partial charge in [-0.1, -0.05) is 37.3 Å². The minimum absolute atomic E-state index is 0.144. The normalized spacial score (nSPS) is 11.0. The molecular formula is C24H26N2O4S. The lowest BCUT2D eigenvalue weighted by Gasteiger charge is -2.23. The number of hydrogen-bond acceptors (Lipinski definition) is 4. The maximum absolute atomic E-state index is 12.9. The highest BCUT2D eigenvalue weighted by atomic mass is 32.2. The Hall–Kier alpha value is -3.32. The first kappa shape index (κ1) is 22.4. The minimum Gasteiger partial charge on any atom is -0.484 e. The Labute approximate surface area is 183 Å². The van der Waals surface area contributed by atoms with Gasteiger partial charge in [-0.05, 0) is 67.4 Å². The van der Waals surface area contributed by atoms with Crippen LogP contribution >= 0.6 is 0 Å². The van der Waals surface area contributed by atoms with E-state index in [2.05, 4.69) is 12.2 Å². The highest BCUT2D eigenvalue weighted by Crippen LogP contribution is 2.25. The number of sulfonamides is 1. The quantitative estimate of drug-likeness (QED) is 0.534. The standard InChI is InChI=1S/C24H26N2O4S/c1-3-19-10-12-20(13-11-19)25-24(27)18-30-22-16-14-21(15-17-22)26(4-2)31(28,29)23-8-6-5-7-9-23/h5-17H,3-4,18H2,1-2H3,(H,25,27). The van der Waals surface area contributed by atoms with Crippen molar-refractivity contribution < 1.29 is 17.9 Å². The maximum atomic E-state index is 12.9. The summed E-state index contributed by atoms with van der Waals surface area (Å²) in [7, 11) is -3.65. The number of carbonyl (C=O) groups excluding carboxylic acids is 1. The van der Waals surface area contributed by atoms with Gasteiger partial charge in [-0.2, -0.15) is 0 Å². The van der Waals surface area contributed by atoms with Crippen LogP contribution in [0.2, 0.25) is 0 Å². The molecule has 0 fully saturated rings. The van der Waals surface area contributed by atoms with Crippen LogP contribution in [0.15, 0.2) is 83.8 Å². The zero-order valence-electron chi connectivity index (χ0n) is 17.6. The zero-order chi connectivity index (χ0) is 22.3. The summed E-state index contributed by atoms with van der Waals surface area (Å²) in [5, 5.41) is 2.79. The Morgan fingerprint density at radius 2 is 1.55 bits per heavy atom. The molecular weight excluding hydrogens is 412 g/mol. The molecule has 0 radical (unpaired) electrons. The third-order valence-electron chi connectivity index (χ3n) is 4.76. The predicted molar refractivity (Wildman–Crippen MR) is 123 cm³/mol. The van der Waals surface area contributed by atoms with E-state index in [1.54, 1.807) is 61.5 Å². The van der Waals surface area contributed by atoms with Gasteiger partial charge in [0.05, 0.1) is 10.6 Å². The van der Waals surface area contributed by atoms with E-state index in [-0.39, 0.29) is 24.0 Å². The smallest absolute Gasteiger partial charge is 0.264 e. The van der Waals surface area contributed by atoms with E-state index in [0.29, 0.717) is 17.1 Å². The number of amides is 1. The topological polar surface area (TPSA) is 75.7 Å². The molecule has 0 aliphatic heterocycles. The lowest BCUT2D eigenvalue weighted by atomic mass is 10.1. The van der Waals surface area contributed by atoms with E-state index in [9.17, 15) is 13.2 Å². The largest absolute Gasteiger partial charge is 0.484 e. The van der Waals surface area contributed by atoms with Crippen LogP contribution in [-0.4, -0.2) is 27.5 Å². The third-order valence-corrected chi connectivity index (χ3v) is 6.68. The fraction of sp³-hybridized carbons (Fsp3) is 0.208. The van der Waals surface area contributed by atoms with Gasteiger partial charge in [-0.15, -0.1) is 0 Å². The third kappa shape index (κ3) is 5.64. The number of nitrogens with one attached hydrogen (secondary N) is 1. The van der Waals surface area contributed by atoms with E-state index < -0.39 is 10.0 Å². The first-order valence-corrected chi connectivity index (χ1v) is 11.6. The summed E-state index contributed by atoms with van der Waals surface area (Å²) < 4.78 is 32.7. The summed E-state index contributed by atoms with van der Waals surface area (Å²) in [6.07, 6.45) is 0.940. The monoisotopic (exact) mass is 438 g/mol. The molecule has 0 bridgehead atoms. The first-order chi connectivity index (χ1) is 14.9. The lowest BCUT2D eigenvalue weighted by Crippen LogP contribution is -2.30. The highest BCUT2D eigenvalue weighted by Gasteiger charge is 2.23. The lowest BCUT2D eigenvalue weighted by molar-refractivity contribution is -0.118. The number of ether oxygens (including phenoxy) is 1. The molecule has 6 nitrogen and oxygen atoms in total. The second-order valence-electron chi connectivity index (χ2n) is 6.86. The molecule has 0 saturated carbocycles. The molecule has 0 atom stereocenters. The van der Waals surface area contributed by atoms with Crippen molar-refractivity contribution in [2.75, 3.05) is 22.8 Å². The summed E-state index contributed by atoms with van der Waals surface area (Å²) in [6.45, 7) is 4.00. The predicted octanol–water partition coefficient (Wildman–Crippen LogP) is 4.48. The minimum atomic E-state index is -3.65. The van der Waals surface area contributed by atoms with Crippen LogP contribution in [0, 0.1) is 0 Å². The van der Waals surface area contributed by atoms with Crippen molar-refractivity contribution in [3.8, 4) is 5.75 Å². The van der Waals surface area contributed by atoms with Gasteiger partial charge < -0.3 is 10.1 Å². The molecule has 0 spiro atoms. The van der Waals surface area contributed by atoms with Gasteiger partial charge in [0.25, 0.3) is 15.9 Å². The van der Waals surface area contributed by atoms with Gasteiger partial charge in [0.1, 0.15) is 5.75 Å². The molecule has 3 rings (SSSR count). The number of nitrogens with zero attached hydrogens (tertiary/aromatic N) is 1. The average molecular weight is 439 g/mol. The van der Waals surface area contributed by atoms with Crippen molar-refractivity contribution in [1.29, 1.82) is 0 Å². The van der Waals surface area contributed by atoms with Crippen LogP contribution < -0.4 is 14.4 Å². The molecule has 162 valence electrons. The Morgan fingerprint density at radius 3 is 2.13 bits per heavy atom. The molecule has 7 heteroatoms. The number of carbonyl (C=O) groups is 1. The van der Waals surface area contributed by atoms with Crippen molar-refractivity contribution in [1.82, 2.24) is 0 Å². The van der Waals surface area contributed by atoms with E-state index in [0.717, 1.165) is 6.42 Å². The number of hydrogen-bond donors (Lipinski definition) is 1. The summed E-state index contributed by atoms with van der Waals surface area (Å²) in [6, 6.07) is 22.6. The van der Waals surface area contributed by atoms with Gasteiger partial charge >= 0.3 is 0 Å². The van der Waals surface area contributed by atoms with Crippen LogP contribution in [0.5, 0.6) is 5.75 Å². The molecule has 31 heavy (non-hydrogen) atoms. The molecule has 0 aliphatic carbocycles. The average Bonchev–Trinajstić information content (AvgIpc) is 2.80. The second-order valence-corrected chi connectivity index (χ2v) is 8.73. The molecule has 0 heterocycles. The molecule has 1 N–H and O–H groups in total. The molecule has 0 aromatic heterocycles. The fourth-order valence-corrected chi connectivity index (χ4v) is 4.58. The van der Waals surface area contributed by atoms with Gasteiger partial charge in [-0.3, -0.25) is 9.10 Å². The fourth-order valence-electron chi connectivity index (χ4n) is 3.09. The van der Waals surface area contributed by atoms with E-state index in [4.69, 9.17) is 4.74 Å². The van der Waals surface area contributed by atoms with Crippen LogP contribution in [0.4, 0.5) is 11.4 Å². The Balaban J connectivity index is 1.62. The SMILES string of the molecule is CCc1ccc(NC(=O)COc2ccc(N(CC)S(=O)(=O)c3ccccc3)cc2)cc1. The van der Waals surface area contributed by atoms with Crippen LogP contribution in [-0.2, 0) is 21.2 Å². The summed E-state index contributed by atoms with van der Waals surface area (Å²) in [4.78, 5) is 12.4. The molecule has 3 aromatic carbocycles. The molecule has 3 aromatic rings. The van der Waals surface area contributed by atoms with Crippen molar-refractivity contribution in [2.45, 2.75) is 25.2 Å². The maximum Gasteiger partial charge on any atom is 0.264 e.